The first-order valence-corrected chi connectivity index (χ1v) is 12.4. The molecule has 1 aromatic heterocycles. The van der Waals surface area contributed by atoms with Crippen molar-refractivity contribution in [2.45, 2.75) is 78.5 Å². The predicted octanol–water partition coefficient (Wildman–Crippen LogP) is 5.45. The average molecular weight is 502 g/mol. The Kier molecular flexibility index (Phi) is 9.78. The summed E-state index contributed by atoms with van der Waals surface area (Å²) in [5.41, 5.74) is 7.94. The quantitative estimate of drug-likeness (QED) is 0.482. The molecule has 36 heavy (non-hydrogen) atoms. The summed E-state index contributed by atoms with van der Waals surface area (Å²) in [5.74, 6) is 0.716. The second kappa shape index (κ2) is 12.1. The van der Waals surface area contributed by atoms with Gasteiger partial charge in [0.1, 0.15) is 11.8 Å². The normalized spacial score (nSPS) is 16.0. The molecule has 1 aliphatic carbocycles. The van der Waals surface area contributed by atoms with E-state index in [1.807, 2.05) is 26.0 Å². The van der Waals surface area contributed by atoms with Gasteiger partial charge >= 0.3 is 6.09 Å². The molecular weight excluding hydrogens is 461 g/mol. The molecule has 1 heterocycles. The van der Waals surface area contributed by atoms with Crippen LogP contribution < -0.4 is 5.73 Å². The topological polar surface area (TPSA) is 107 Å². The minimum Gasteiger partial charge on any atom is -0.444 e. The van der Waals surface area contributed by atoms with Gasteiger partial charge < -0.3 is 19.9 Å². The van der Waals surface area contributed by atoms with Crippen LogP contribution in [0.2, 0.25) is 0 Å². The maximum atomic E-state index is 14.2. The lowest BCUT2D eigenvalue weighted by molar-refractivity contribution is 0.0304. The summed E-state index contributed by atoms with van der Waals surface area (Å²) in [6, 6.07) is 8.16. The number of nitrogens with two attached hydrogens (primary N) is 1. The number of aryl methyl sites for hydroxylation is 1. The number of likely N-dealkylation sites (N-methyl/N-ethyl adjacent to an activating group) is 1. The number of aliphatic imine (C=N–C) groups is 1. The maximum absolute atomic E-state index is 14.2. The fourth-order valence-electron chi connectivity index (χ4n) is 3.65. The summed E-state index contributed by atoms with van der Waals surface area (Å²) in [6.45, 7) is 13.3. The molecule has 0 saturated heterocycles. The highest BCUT2D eigenvalue weighted by Crippen LogP contribution is 2.53. The zero-order chi connectivity index (χ0) is 27.1. The molecule has 0 bridgehead atoms. The number of halogens is 1. The molecule has 0 radical (unpaired) electrons. The van der Waals surface area contributed by atoms with E-state index in [1.54, 1.807) is 27.8 Å². The smallest absolute Gasteiger partial charge is 0.410 e. The Labute approximate surface area is 213 Å². The van der Waals surface area contributed by atoms with E-state index in [1.165, 1.54) is 29.0 Å². The molecule has 1 fully saturated rings. The van der Waals surface area contributed by atoms with Crippen LogP contribution in [0.3, 0.4) is 0 Å². The minimum absolute atomic E-state index is 0.133. The van der Waals surface area contributed by atoms with Crippen LogP contribution >= 0.6 is 0 Å². The van der Waals surface area contributed by atoms with Crippen molar-refractivity contribution in [2.75, 3.05) is 20.1 Å². The highest BCUT2D eigenvalue weighted by atomic mass is 19.1. The summed E-state index contributed by atoms with van der Waals surface area (Å²) in [4.78, 5) is 22.3. The highest BCUT2D eigenvalue weighted by Gasteiger charge is 2.50. The number of amides is 1. The first kappa shape index (κ1) is 29.0. The van der Waals surface area contributed by atoms with Crippen LogP contribution in [0.1, 0.15) is 77.2 Å². The molecule has 1 aromatic carbocycles. The van der Waals surface area contributed by atoms with Crippen LogP contribution in [0.5, 0.6) is 0 Å². The number of carbonyl (C=O) groups excluding carboxylic acids is 1. The first-order valence-electron chi connectivity index (χ1n) is 12.4. The highest BCUT2D eigenvalue weighted by molar-refractivity contribution is 6.02. The zero-order valence-corrected chi connectivity index (χ0v) is 22.8. The lowest BCUT2D eigenvalue weighted by Gasteiger charge is -2.24. The third-order valence-electron chi connectivity index (χ3n) is 5.66. The van der Waals surface area contributed by atoms with Gasteiger partial charge in [-0.05, 0) is 64.7 Å². The number of carbonyl (C=O) groups is 1. The van der Waals surface area contributed by atoms with Crippen molar-refractivity contribution in [1.82, 2.24) is 15.0 Å². The van der Waals surface area contributed by atoms with Gasteiger partial charge in [0, 0.05) is 13.6 Å². The van der Waals surface area contributed by atoms with E-state index in [-0.39, 0.29) is 35.8 Å². The molecule has 1 atom stereocenters. The molecule has 8 nitrogen and oxygen atoms in total. The second-order valence-corrected chi connectivity index (χ2v) is 9.74. The first-order chi connectivity index (χ1) is 16.9. The number of rotatable bonds is 8. The van der Waals surface area contributed by atoms with Gasteiger partial charge in [-0.15, -0.1) is 0 Å². The number of hydrogen-bond acceptors (Lipinski definition) is 7. The van der Waals surface area contributed by atoms with Gasteiger partial charge in [-0.1, -0.05) is 43.3 Å². The molecule has 2 aromatic rings. The van der Waals surface area contributed by atoms with Crippen LogP contribution in [0.25, 0.3) is 5.70 Å². The van der Waals surface area contributed by atoms with E-state index >= 15 is 0 Å². The zero-order valence-electron chi connectivity index (χ0n) is 22.8. The molecule has 1 saturated carbocycles. The summed E-state index contributed by atoms with van der Waals surface area (Å²) in [5, 5.41) is 4.18. The van der Waals surface area contributed by atoms with Gasteiger partial charge in [-0.2, -0.15) is 4.98 Å². The third-order valence-corrected chi connectivity index (χ3v) is 5.66. The molecule has 0 spiro atoms. The van der Waals surface area contributed by atoms with Gasteiger partial charge in [0.25, 0.3) is 5.89 Å². The van der Waals surface area contributed by atoms with Crippen molar-refractivity contribution in [3.05, 3.63) is 53.2 Å². The molecule has 2 N–H and O–H groups in total. The molecule has 0 aliphatic heterocycles. The van der Waals surface area contributed by atoms with Gasteiger partial charge in [0.15, 0.2) is 5.82 Å². The Morgan fingerprint density at radius 1 is 1.33 bits per heavy atom. The lowest BCUT2D eigenvalue weighted by atomic mass is 9.91. The number of alkyl halides is 1. The second-order valence-electron chi connectivity index (χ2n) is 9.74. The summed E-state index contributed by atoms with van der Waals surface area (Å²) in [7, 11) is 1.61. The van der Waals surface area contributed by atoms with Gasteiger partial charge in [0.05, 0.1) is 23.4 Å². The van der Waals surface area contributed by atoms with Gasteiger partial charge in [0.2, 0.25) is 0 Å². The number of allylic oxidation sites excluding steroid dienone is 1. The molecule has 198 valence electrons. The van der Waals surface area contributed by atoms with Crippen LogP contribution in [0, 0.1) is 6.92 Å². The van der Waals surface area contributed by atoms with E-state index in [0.29, 0.717) is 5.82 Å². The van der Waals surface area contributed by atoms with Crippen molar-refractivity contribution in [2.24, 2.45) is 10.7 Å². The average Bonchev–Trinajstić information content (AvgIpc) is 3.46. The Balaban J connectivity index is 0.00000222. The predicted molar refractivity (Wildman–Crippen MR) is 141 cm³/mol. The van der Waals surface area contributed by atoms with E-state index < -0.39 is 17.9 Å². The Morgan fingerprint density at radius 2 is 1.97 bits per heavy atom. The van der Waals surface area contributed by atoms with E-state index in [2.05, 4.69) is 34.2 Å². The Hall–Kier alpha value is -3.23. The molecule has 1 amide bonds. The molecule has 9 heteroatoms. The van der Waals surface area contributed by atoms with Crippen LogP contribution in [0.15, 0.2) is 39.9 Å². The molecular formula is C27H40FN5O3. The van der Waals surface area contributed by atoms with Gasteiger partial charge in [-0.3, -0.25) is 4.99 Å². The number of hydrogen-bond donors (Lipinski definition) is 1. The van der Waals surface area contributed by atoms with E-state index in [9.17, 15) is 9.18 Å². The van der Waals surface area contributed by atoms with Crippen LogP contribution in [-0.2, 0) is 10.2 Å². The van der Waals surface area contributed by atoms with Crippen molar-refractivity contribution >= 4 is 17.5 Å². The number of aromatic nitrogens is 2. The number of benzene rings is 1. The Morgan fingerprint density at radius 3 is 2.53 bits per heavy atom. The summed E-state index contributed by atoms with van der Waals surface area (Å²) >= 11 is 0. The third kappa shape index (κ3) is 7.38. The lowest BCUT2D eigenvalue weighted by Crippen LogP contribution is -2.35. The summed E-state index contributed by atoms with van der Waals surface area (Å²) in [6.07, 6.45) is 1.44. The van der Waals surface area contributed by atoms with E-state index in [0.717, 1.165) is 12.8 Å². The maximum Gasteiger partial charge on any atom is 0.410 e. The van der Waals surface area contributed by atoms with Crippen molar-refractivity contribution in [3.8, 4) is 0 Å². The molecule has 1 aliphatic rings. The van der Waals surface area contributed by atoms with E-state index in [4.69, 9.17) is 15.0 Å². The van der Waals surface area contributed by atoms with Crippen LogP contribution in [-0.4, -0.2) is 58.8 Å². The molecule has 1 unspecified atom stereocenters. The standard InChI is InChI=1S/C25H34FN5O3.C2H6/c1-16-9-7-8-10-18(16)25(11-12-25)22-29-21(34-30-22)19(27)15-20(17(2)26)28-13-14-31(6)23(32)33-24(3,4)5;1-2/h7-10,15,17H,11-14,27H2,1-6H3;1-2H3/b19-15-,28-20?;. The molecule has 3 rings (SSSR count). The summed E-state index contributed by atoms with van der Waals surface area (Å²) < 4.78 is 24.9. The number of nitrogens with zero attached hydrogens (tertiary/aromatic N) is 4. The van der Waals surface area contributed by atoms with Crippen molar-refractivity contribution in [3.63, 3.8) is 0 Å². The number of ether oxygens (including phenoxy) is 1. The SMILES string of the molecule is CC.Cc1ccccc1C1(c2noc(/C(N)=C/C(=NCCN(C)C(=O)OC(C)(C)C)C(C)F)n2)CC1. The fourth-order valence-corrected chi connectivity index (χ4v) is 3.65. The monoisotopic (exact) mass is 501 g/mol. The van der Waals surface area contributed by atoms with Crippen molar-refractivity contribution < 1.29 is 18.4 Å². The fraction of sp³-hybridized carbons (Fsp3) is 0.556. The largest absolute Gasteiger partial charge is 0.444 e. The minimum atomic E-state index is -1.37. The van der Waals surface area contributed by atoms with Crippen molar-refractivity contribution in [1.29, 1.82) is 0 Å². The van der Waals surface area contributed by atoms with Gasteiger partial charge in [-0.25, -0.2) is 9.18 Å². The Bertz CT molecular complexity index is 1080. The van der Waals surface area contributed by atoms with Crippen LogP contribution in [0.4, 0.5) is 9.18 Å².